The van der Waals surface area contributed by atoms with Crippen LogP contribution in [0.2, 0.25) is 0 Å². The van der Waals surface area contributed by atoms with Crippen molar-refractivity contribution in [3.05, 3.63) is 0 Å². The summed E-state index contributed by atoms with van der Waals surface area (Å²) in [4.78, 5) is 22.6. The number of carbonyl (C=O) groups excluding carboxylic acids is 1. The first-order valence-electron chi connectivity index (χ1n) is 5.77. The van der Waals surface area contributed by atoms with Crippen molar-refractivity contribution in [3.8, 4) is 0 Å². The number of ether oxygens (including phenoxy) is 1. The lowest BCUT2D eigenvalue weighted by Crippen LogP contribution is -2.53. The molecule has 0 bridgehead atoms. The zero-order chi connectivity index (χ0) is 13.1. The van der Waals surface area contributed by atoms with Crippen LogP contribution in [0.4, 0.5) is 4.79 Å². The summed E-state index contributed by atoms with van der Waals surface area (Å²) in [5, 5.41) is 11.7. The molecular formula is C11H20N2O4. The van der Waals surface area contributed by atoms with E-state index in [1.54, 1.807) is 20.8 Å². The first kappa shape index (κ1) is 13.8. The molecule has 1 heterocycles. The molecule has 0 aromatic rings. The summed E-state index contributed by atoms with van der Waals surface area (Å²) in [5.41, 5.74) is -0.566. The molecule has 0 atom stereocenters. The standard InChI is InChI=1S/C11H20N2O4/c1-11(2,3)17-10(16)13-7-5-4-6-12(13)8-9(14)15/h4-8H2,1-3H3,(H,14,15). The number of nitrogens with zero attached hydrogens (tertiary/aromatic N) is 2. The van der Waals surface area contributed by atoms with E-state index in [1.165, 1.54) is 10.0 Å². The number of carboxylic acids is 1. The molecule has 6 nitrogen and oxygen atoms in total. The maximum atomic E-state index is 11.9. The Morgan fingerprint density at radius 1 is 1.24 bits per heavy atom. The third-order valence-corrected chi connectivity index (χ3v) is 2.30. The average Bonchev–Trinajstić information content (AvgIpc) is 2.14. The van der Waals surface area contributed by atoms with E-state index in [0.717, 1.165) is 12.8 Å². The van der Waals surface area contributed by atoms with E-state index < -0.39 is 17.7 Å². The molecule has 0 aliphatic carbocycles. The van der Waals surface area contributed by atoms with E-state index in [9.17, 15) is 9.59 Å². The Balaban J connectivity index is 2.64. The molecule has 0 aromatic carbocycles. The van der Waals surface area contributed by atoms with E-state index >= 15 is 0 Å². The van der Waals surface area contributed by atoms with Crippen molar-refractivity contribution in [3.63, 3.8) is 0 Å². The van der Waals surface area contributed by atoms with Gasteiger partial charge in [0.2, 0.25) is 0 Å². The molecule has 0 spiro atoms. The van der Waals surface area contributed by atoms with Gasteiger partial charge in [-0.25, -0.2) is 14.8 Å². The number of amides is 1. The lowest BCUT2D eigenvalue weighted by Gasteiger charge is -2.38. The van der Waals surface area contributed by atoms with Crippen LogP contribution in [0.1, 0.15) is 33.6 Å². The quantitative estimate of drug-likeness (QED) is 0.793. The van der Waals surface area contributed by atoms with Crippen LogP contribution >= 0.6 is 0 Å². The van der Waals surface area contributed by atoms with E-state index in [0.29, 0.717) is 13.1 Å². The van der Waals surface area contributed by atoms with Gasteiger partial charge in [0.1, 0.15) is 12.1 Å². The largest absolute Gasteiger partial charge is 0.480 e. The van der Waals surface area contributed by atoms with Crippen molar-refractivity contribution in [1.29, 1.82) is 0 Å². The molecule has 1 aliphatic rings. The highest BCUT2D eigenvalue weighted by atomic mass is 16.6. The molecule has 1 saturated heterocycles. The van der Waals surface area contributed by atoms with E-state index in [1.807, 2.05) is 0 Å². The molecule has 1 aliphatic heterocycles. The molecule has 0 radical (unpaired) electrons. The Morgan fingerprint density at radius 2 is 1.82 bits per heavy atom. The van der Waals surface area contributed by atoms with Crippen LogP contribution in [0.5, 0.6) is 0 Å². The summed E-state index contributed by atoms with van der Waals surface area (Å²) >= 11 is 0. The molecular weight excluding hydrogens is 224 g/mol. The molecule has 6 heteroatoms. The van der Waals surface area contributed by atoms with Crippen molar-refractivity contribution in [2.75, 3.05) is 19.6 Å². The molecule has 0 aromatic heterocycles. The van der Waals surface area contributed by atoms with Crippen molar-refractivity contribution in [2.24, 2.45) is 0 Å². The van der Waals surface area contributed by atoms with Crippen LogP contribution in [0.3, 0.4) is 0 Å². The molecule has 0 unspecified atom stereocenters. The highest BCUT2D eigenvalue weighted by Gasteiger charge is 2.29. The minimum Gasteiger partial charge on any atom is -0.480 e. The maximum Gasteiger partial charge on any atom is 0.424 e. The minimum absolute atomic E-state index is 0.167. The Hall–Kier alpha value is -1.30. The molecule has 0 saturated carbocycles. The number of carbonyl (C=O) groups is 2. The van der Waals surface area contributed by atoms with Gasteiger partial charge in [-0.3, -0.25) is 4.79 Å². The predicted molar refractivity (Wildman–Crippen MR) is 61.4 cm³/mol. The Labute approximate surface area is 101 Å². The second-order valence-corrected chi connectivity index (χ2v) is 5.09. The van der Waals surface area contributed by atoms with Gasteiger partial charge in [0.05, 0.1) is 0 Å². The van der Waals surface area contributed by atoms with E-state index in [2.05, 4.69) is 0 Å². The smallest absolute Gasteiger partial charge is 0.424 e. The molecule has 98 valence electrons. The lowest BCUT2D eigenvalue weighted by atomic mass is 10.2. The van der Waals surface area contributed by atoms with E-state index in [-0.39, 0.29) is 6.54 Å². The zero-order valence-corrected chi connectivity index (χ0v) is 10.6. The molecule has 17 heavy (non-hydrogen) atoms. The first-order valence-corrected chi connectivity index (χ1v) is 5.77. The average molecular weight is 244 g/mol. The highest BCUT2D eigenvalue weighted by Crippen LogP contribution is 2.16. The van der Waals surface area contributed by atoms with Gasteiger partial charge in [-0.15, -0.1) is 0 Å². The maximum absolute atomic E-state index is 11.9. The van der Waals surface area contributed by atoms with Gasteiger partial charge in [0.25, 0.3) is 0 Å². The summed E-state index contributed by atoms with van der Waals surface area (Å²) in [5.74, 6) is -0.944. The molecule has 1 N–H and O–H groups in total. The topological polar surface area (TPSA) is 70.1 Å². The molecule has 1 fully saturated rings. The van der Waals surface area contributed by atoms with Crippen molar-refractivity contribution in [1.82, 2.24) is 10.0 Å². The second-order valence-electron chi connectivity index (χ2n) is 5.09. The number of hydrazine groups is 1. The van der Waals surface area contributed by atoms with Crippen molar-refractivity contribution in [2.45, 2.75) is 39.2 Å². The van der Waals surface area contributed by atoms with Gasteiger partial charge < -0.3 is 9.84 Å². The van der Waals surface area contributed by atoms with Crippen LogP contribution < -0.4 is 0 Å². The molecule has 1 amide bonds. The van der Waals surface area contributed by atoms with Gasteiger partial charge in [-0.2, -0.15) is 0 Å². The molecule has 1 rings (SSSR count). The first-order chi connectivity index (χ1) is 7.79. The van der Waals surface area contributed by atoms with Crippen LogP contribution in [0.15, 0.2) is 0 Å². The third kappa shape index (κ3) is 4.60. The number of hydrogen-bond donors (Lipinski definition) is 1. The lowest BCUT2D eigenvalue weighted by molar-refractivity contribution is -0.144. The van der Waals surface area contributed by atoms with Gasteiger partial charge in [-0.05, 0) is 33.6 Å². The fourth-order valence-electron chi connectivity index (χ4n) is 1.66. The number of rotatable bonds is 2. The summed E-state index contributed by atoms with van der Waals surface area (Å²) < 4.78 is 5.24. The summed E-state index contributed by atoms with van der Waals surface area (Å²) in [7, 11) is 0. The monoisotopic (exact) mass is 244 g/mol. The Morgan fingerprint density at radius 3 is 2.35 bits per heavy atom. The highest BCUT2D eigenvalue weighted by molar-refractivity contribution is 5.71. The van der Waals surface area contributed by atoms with Crippen LogP contribution in [-0.2, 0) is 9.53 Å². The fourth-order valence-corrected chi connectivity index (χ4v) is 1.66. The third-order valence-electron chi connectivity index (χ3n) is 2.30. The second kappa shape index (κ2) is 5.35. The minimum atomic E-state index is -0.944. The van der Waals surface area contributed by atoms with Crippen molar-refractivity contribution >= 4 is 12.1 Å². The van der Waals surface area contributed by atoms with Gasteiger partial charge in [0.15, 0.2) is 0 Å². The van der Waals surface area contributed by atoms with Crippen LogP contribution in [0, 0.1) is 0 Å². The Bertz CT molecular complexity index is 298. The predicted octanol–water partition coefficient (Wildman–Crippen LogP) is 1.32. The number of carboxylic acid groups (broad SMARTS) is 1. The SMILES string of the molecule is CC(C)(C)OC(=O)N1CCCCN1CC(=O)O. The fraction of sp³-hybridized carbons (Fsp3) is 0.818. The number of hydrogen-bond acceptors (Lipinski definition) is 4. The van der Waals surface area contributed by atoms with Gasteiger partial charge in [0, 0.05) is 13.1 Å². The van der Waals surface area contributed by atoms with Gasteiger partial charge in [-0.1, -0.05) is 0 Å². The Kier molecular flexibility index (Phi) is 4.34. The van der Waals surface area contributed by atoms with Crippen LogP contribution in [0.25, 0.3) is 0 Å². The van der Waals surface area contributed by atoms with Crippen LogP contribution in [-0.4, -0.2) is 52.4 Å². The van der Waals surface area contributed by atoms with Crippen molar-refractivity contribution < 1.29 is 19.4 Å². The summed E-state index contributed by atoms with van der Waals surface area (Å²) in [6, 6.07) is 0. The zero-order valence-electron chi connectivity index (χ0n) is 10.6. The van der Waals surface area contributed by atoms with E-state index in [4.69, 9.17) is 9.84 Å². The summed E-state index contributed by atoms with van der Waals surface area (Å²) in [6.07, 6.45) is 1.29. The number of aliphatic carboxylic acids is 1. The van der Waals surface area contributed by atoms with Gasteiger partial charge >= 0.3 is 12.1 Å². The summed E-state index contributed by atoms with van der Waals surface area (Å²) in [6.45, 7) is 6.29. The normalized spacial score (nSPS) is 17.9.